The maximum absolute atomic E-state index is 11.0. The molecular weight excluding hydrogens is 199 g/mol. The van der Waals surface area contributed by atoms with E-state index in [0.29, 0.717) is 0 Å². The van der Waals surface area contributed by atoms with Crippen LogP contribution in [0.2, 0.25) is 0 Å². The molecule has 0 bridgehead atoms. The minimum Gasteiger partial charge on any atom is -0.549 e. The molecule has 0 amide bonds. The van der Waals surface area contributed by atoms with Crippen LogP contribution in [0.15, 0.2) is 0 Å². The van der Waals surface area contributed by atoms with Crippen molar-refractivity contribution in [2.24, 2.45) is 5.41 Å². The topological polar surface area (TPSA) is 97.3 Å². The van der Waals surface area contributed by atoms with Gasteiger partial charge in [0.25, 0.3) is 0 Å². The van der Waals surface area contributed by atoms with Crippen LogP contribution in [0.1, 0.15) is 26.7 Å². The smallest absolute Gasteiger partial charge is 0.549 e. The van der Waals surface area contributed by atoms with Crippen molar-refractivity contribution in [3.63, 3.8) is 0 Å². The largest absolute Gasteiger partial charge is 1.00 e. The first kappa shape index (κ1) is 16.1. The van der Waals surface area contributed by atoms with Crippen LogP contribution in [-0.4, -0.2) is 17.7 Å². The molecule has 0 spiro atoms. The van der Waals surface area contributed by atoms with E-state index in [1.54, 1.807) is 0 Å². The number of carboxylic acid groups (broad SMARTS) is 2. The molecule has 0 aromatic carbocycles. The Bertz CT molecular complexity index is 244. The predicted molar refractivity (Wildman–Crippen MR) is 38.0 cm³/mol. The SMILES string of the molecule is CCC(CC)(C(=O)[O-])C(=O)C(=O)[O-].[Na+]. The van der Waals surface area contributed by atoms with Gasteiger partial charge in [0.1, 0.15) is 5.97 Å². The Morgan fingerprint density at radius 1 is 1.07 bits per heavy atom. The number of carbonyl (C=O) groups is 3. The first-order valence-electron chi connectivity index (χ1n) is 3.89. The van der Waals surface area contributed by atoms with Crippen LogP contribution in [0.25, 0.3) is 0 Å². The van der Waals surface area contributed by atoms with Crippen molar-refractivity contribution in [1.29, 1.82) is 0 Å². The number of aliphatic carboxylic acids is 2. The van der Waals surface area contributed by atoms with E-state index in [0.717, 1.165) is 0 Å². The van der Waals surface area contributed by atoms with E-state index in [2.05, 4.69) is 0 Å². The van der Waals surface area contributed by atoms with Crippen molar-refractivity contribution >= 4 is 17.7 Å². The van der Waals surface area contributed by atoms with Gasteiger partial charge in [-0.25, -0.2) is 0 Å². The Morgan fingerprint density at radius 2 is 1.43 bits per heavy atom. The van der Waals surface area contributed by atoms with Gasteiger partial charge >= 0.3 is 29.6 Å². The van der Waals surface area contributed by atoms with Gasteiger partial charge in [0.2, 0.25) is 0 Å². The molecule has 0 heterocycles. The average Bonchev–Trinajstić information content (AvgIpc) is 2.06. The van der Waals surface area contributed by atoms with Crippen molar-refractivity contribution < 1.29 is 54.2 Å². The van der Waals surface area contributed by atoms with Crippen molar-refractivity contribution in [3.8, 4) is 0 Å². The fraction of sp³-hybridized carbons (Fsp3) is 0.625. The predicted octanol–water partition coefficient (Wildman–Crippen LogP) is -5.13. The summed E-state index contributed by atoms with van der Waals surface area (Å²) in [5, 5.41) is 20.8. The molecule has 0 N–H and O–H groups in total. The van der Waals surface area contributed by atoms with Gasteiger partial charge in [-0.1, -0.05) is 13.8 Å². The van der Waals surface area contributed by atoms with Crippen LogP contribution < -0.4 is 39.8 Å². The number of ketones is 1. The van der Waals surface area contributed by atoms with Crippen molar-refractivity contribution in [2.45, 2.75) is 26.7 Å². The van der Waals surface area contributed by atoms with Crippen LogP contribution >= 0.6 is 0 Å². The molecule has 14 heavy (non-hydrogen) atoms. The summed E-state index contributed by atoms with van der Waals surface area (Å²) in [5.41, 5.74) is -1.93. The maximum atomic E-state index is 11.0. The second-order valence-electron chi connectivity index (χ2n) is 2.69. The average molecular weight is 209 g/mol. The minimum absolute atomic E-state index is 0. The Morgan fingerprint density at radius 3 is 1.50 bits per heavy atom. The summed E-state index contributed by atoms with van der Waals surface area (Å²) >= 11 is 0. The molecule has 0 unspecified atom stereocenters. The van der Waals surface area contributed by atoms with Crippen LogP contribution in [0.3, 0.4) is 0 Å². The van der Waals surface area contributed by atoms with Gasteiger partial charge in [-0.3, -0.25) is 4.79 Å². The number of hydrogen-bond acceptors (Lipinski definition) is 5. The summed E-state index contributed by atoms with van der Waals surface area (Å²) in [6.45, 7) is 2.83. The molecule has 0 radical (unpaired) electrons. The van der Waals surface area contributed by atoms with Crippen LogP contribution in [-0.2, 0) is 14.4 Å². The third kappa shape index (κ3) is 2.80. The molecule has 0 aliphatic heterocycles. The van der Waals surface area contributed by atoms with Crippen LogP contribution in [0, 0.1) is 5.41 Å². The van der Waals surface area contributed by atoms with E-state index in [-0.39, 0.29) is 42.4 Å². The Labute approximate surface area is 104 Å². The molecule has 0 aliphatic carbocycles. The van der Waals surface area contributed by atoms with Gasteiger partial charge < -0.3 is 19.8 Å². The molecule has 0 atom stereocenters. The molecule has 6 heteroatoms. The summed E-state index contributed by atoms with van der Waals surface area (Å²) in [7, 11) is 0. The summed E-state index contributed by atoms with van der Waals surface area (Å²) in [4.78, 5) is 31.8. The molecule has 74 valence electrons. The molecule has 0 aliphatic rings. The molecule has 0 aromatic rings. The summed E-state index contributed by atoms with van der Waals surface area (Å²) < 4.78 is 0. The van der Waals surface area contributed by atoms with Gasteiger partial charge in [0.05, 0.1) is 11.4 Å². The van der Waals surface area contributed by atoms with Gasteiger partial charge in [-0.2, -0.15) is 0 Å². The zero-order valence-corrected chi connectivity index (χ0v) is 10.5. The van der Waals surface area contributed by atoms with Gasteiger partial charge in [0.15, 0.2) is 5.78 Å². The van der Waals surface area contributed by atoms with E-state index in [9.17, 15) is 24.6 Å². The van der Waals surface area contributed by atoms with E-state index in [1.165, 1.54) is 13.8 Å². The molecule has 0 fully saturated rings. The number of Topliss-reactive ketones (excluding diaryl/α,β-unsaturated/α-hetero) is 1. The normalized spacial score (nSPS) is 10.1. The number of carbonyl (C=O) groups excluding carboxylic acids is 3. The van der Waals surface area contributed by atoms with Crippen molar-refractivity contribution in [3.05, 3.63) is 0 Å². The second kappa shape index (κ2) is 6.16. The van der Waals surface area contributed by atoms with Crippen molar-refractivity contribution in [2.75, 3.05) is 0 Å². The summed E-state index contributed by atoms with van der Waals surface area (Å²) in [5.74, 6) is -5.06. The third-order valence-electron chi connectivity index (χ3n) is 2.22. The molecule has 5 nitrogen and oxygen atoms in total. The minimum atomic E-state index is -1.98. The Kier molecular flexibility index (Phi) is 7.07. The zero-order valence-electron chi connectivity index (χ0n) is 8.46. The number of hydrogen-bond donors (Lipinski definition) is 0. The molecule has 0 saturated heterocycles. The molecule has 0 aromatic heterocycles. The summed E-state index contributed by atoms with van der Waals surface area (Å²) in [6, 6.07) is 0. The Balaban J connectivity index is 0. The fourth-order valence-corrected chi connectivity index (χ4v) is 1.15. The van der Waals surface area contributed by atoms with E-state index in [1.807, 2.05) is 0 Å². The van der Waals surface area contributed by atoms with Gasteiger partial charge in [-0.15, -0.1) is 0 Å². The number of rotatable bonds is 5. The molecular formula is C8H10NaO5-. The van der Waals surface area contributed by atoms with E-state index >= 15 is 0 Å². The monoisotopic (exact) mass is 209 g/mol. The third-order valence-corrected chi connectivity index (χ3v) is 2.22. The zero-order chi connectivity index (χ0) is 10.6. The standard InChI is InChI=1S/C8H12O5.Na/c1-3-8(4-2,7(12)13)5(9)6(10)11;/h3-4H2,1-2H3,(H,10,11)(H,12,13);/q;+1/p-2. The second-order valence-corrected chi connectivity index (χ2v) is 2.69. The molecule has 0 rings (SSSR count). The molecule has 0 saturated carbocycles. The van der Waals surface area contributed by atoms with E-state index < -0.39 is 23.1 Å². The first-order valence-corrected chi connectivity index (χ1v) is 3.89. The van der Waals surface area contributed by atoms with E-state index in [4.69, 9.17) is 0 Å². The summed E-state index contributed by atoms with van der Waals surface area (Å²) in [6.07, 6.45) is -0.225. The quantitative estimate of drug-likeness (QED) is 0.256. The fourth-order valence-electron chi connectivity index (χ4n) is 1.15. The van der Waals surface area contributed by atoms with Gasteiger partial charge in [-0.05, 0) is 12.8 Å². The maximum Gasteiger partial charge on any atom is 1.00 e. The van der Waals surface area contributed by atoms with Crippen LogP contribution in [0.4, 0.5) is 0 Å². The van der Waals surface area contributed by atoms with Gasteiger partial charge in [0, 0.05) is 0 Å². The number of carboxylic acids is 2. The van der Waals surface area contributed by atoms with Crippen molar-refractivity contribution in [1.82, 2.24) is 0 Å². The Hall–Kier alpha value is -0.390. The van der Waals surface area contributed by atoms with Crippen LogP contribution in [0.5, 0.6) is 0 Å². The first-order chi connectivity index (χ1) is 5.92.